The number of rotatable bonds is 6. The molecule has 0 saturated heterocycles. The number of hydrogen-bond acceptors (Lipinski definition) is 3. The molecular formula is C23H23NO4. The van der Waals surface area contributed by atoms with E-state index in [1.807, 2.05) is 36.4 Å². The van der Waals surface area contributed by atoms with E-state index in [1.54, 1.807) is 13.8 Å². The van der Waals surface area contributed by atoms with Crippen LogP contribution in [0.15, 0.2) is 48.5 Å². The summed E-state index contributed by atoms with van der Waals surface area (Å²) in [6, 6.07) is 14.9. The van der Waals surface area contributed by atoms with Crippen molar-refractivity contribution < 1.29 is 19.4 Å². The molecule has 0 aliphatic heterocycles. The van der Waals surface area contributed by atoms with E-state index in [4.69, 9.17) is 11.2 Å². The Morgan fingerprint density at radius 1 is 1.14 bits per heavy atom. The smallest absolute Gasteiger partial charge is 0.407 e. The van der Waals surface area contributed by atoms with Gasteiger partial charge in [-0.2, -0.15) is 0 Å². The lowest BCUT2D eigenvalue weighted by Crippen LogP contribution is -2.50. The first kappa shape index (κ1) is 19.5. The second-order valence-corrected chi connectivity index (χ2v) is 7.61. The number of carbonyl (C=O) groups is 2. The highest BCUT2D eigenvalue weighted by Crippen LogP contribution is 2.44. The van der Waals surface area contributed by atoms with Crippen LogP contribution in [0, 0.1) is 17.8 Å². The molecule has 0 heterocycles. The molecule has 1 amide bonds. The highest BCUT2D eigenvalue weighted by molar-refractivity contribution is 5.81. The molecule has 3 rings (SSSR count). The number of terminal acetylenes is 1. The molecule has 0 aromatic heterocycles. The maximum Gasteiger partial charge on any atom is 0.407 e. The van der Waals surface area contributed by atoms with Crippen molar-refractivity contribution in [3.63, 3.8) is 0 Å². The summed E-state index contributed by atoms with van der Waals surface area (Å²) in [5, 5.41) is 11.9. The number of hydrogen-bond donors (Lipinski definition) is 2. The molecule has 144 valence electrons. The van der Waals surface area contributed by atoms with E-state index in [9.17, 15) is 14.7 Å². The summed E-state index contributed by atoms with van der Waals surface area (Å²) in [7, 11) is 0. The zero-order valence-electron chi connectivity index (χ0n) is 15.9. The summed E-state index contributed by atoms with van der Waals surface area (Å²) in [6.07, 6.45) is 4.78. The number of ether oxygens (including phenoxy) is 1. The molecule has 2 N–H and O–H groups in total. The third kappa shape index (κ3) is 3.72. The van der Waals surface area contributed by atoms with Gasteiger partial charge >= 0.3 is 12.1 Å². The maximum atomic E-state index is 12.3. The molecule has 0 saturated carbocycles. The van der Waals surface area contributed by atoms with E-state index in [0.29, 0.717) is 0 Å². The van der Waals surface area contributed by atoms with E-state index in [2.05, 4.69) is 23.4 Å². The third-order valence-corrected chi connectivity index (χ3v) is 5.19. The number of fused-ring (bicyclic) bond motifs is 3. The van der Waals surface area contributed by atoms with Gasteiger partial charge in [0.05, 0.1) is 0 Å². The van der Waals surface area contributed by atoms with Crippen LogP contribution in [0.2, 0.25) is 0 Å². The normalized spacial score (nSPS) is 13.8. The molecule has 0 unspecified atom stereocenters. The molecule has 2 aromatic rings. The van der Waals surface area contributed by atoms with Gasteiger partial charge in [0.25, 0.3) is 0 Å². The first-order chi connectivity index (χ1) is 13.3. The number of alkyl carbamates (subject to hydrolysis) is 1. The number of carboxylic acid groups (broad SMARTS) is 1. The average molecular weight is 377 g/mol. The van der Waals surface area contributed by atoms with Crippen LogP contribution in [-0.4, -0.2) is 29.8 Å². The zero-order chi connectivity index (χ0) is 20.3. The molecule has 0 bridgehead atoms. The van der Waals surface area contributed by atoms with Crippen molar-refractivity contribution >= 4 is 12.1 Å². The highest BCUT2D eigenvalue weighted by atomic mass is 16.5. The number of benzene rings is 2. The Kier molecular flexibility index (Phi) is 5.41. The first-order valence-corrected chi connectivity index (χ1v) is 9.13. The summed E-state index contributed by atoms with van der Waals surface area (Å²) in [4.78, 5) is 23.9. The molecule has 5 heteroatoms. The fraction of sp³-hybridized carbons (Fsp3) is 0.304. The van der Waals surface area contributed by atoms with Crippen LogP contribution in [0.1, 0.15) is 37.3 Å². The second-order valence-electron chi connectivity index (χ2n) is 7.61. The van der Waals surface area contributed by atoms with Crippen molar-refractivity contribution in [3.8, 4) is 23.5 Å². The maximum absolute atomic E-state index is 12.3. The van der Waals surface area contributed by atoms with Crippen molar-refractivity contribution in [1.29, 1.82) is 0 Å². The number of nitrogens with one attached hydrogen (secondary N) is 1. The van der Waals surface area contributed by atoms with Crippen LogP contribution in [0.25, 0.3) is 11.1 Å². The van der Waals surface area contributed by atoms with Gasteiger partial charge in [-0.05, 0) is 22.3 Å². The van der Waals surface area contributed by atoms with Gasteiger partial charge in [0.2, 0.25) is 0 Å². The van der Waals surface area contributed by atoms with Crippen LogP contribution in [0.5, 0.6) is 0 Å². The Morgan fingerprint density at radius 2 is 1.68 bits per heavy atom. The van der Waals surface area contributed by atoms with Gasteiger partial charge in [0.15, 0.2) is 0 Å². The number of aliphatic carboxylic acids is 1. The number of amides is 1. The van der Waals surface area contributed by atoms with Gasteiger partial charge < -0.3 is 15.2 Å². The van der Waals surface area contributed by atoms with Crippen molar-refractivity contribution in [2.45, 2.75) is 32.2 Å². The number of carbonyl (C=O) groups excluding carboxylic acids is 1. The van der Waals surface area contributed by atoms with Crippen molar-refractivity contribution in [2.75, 3.05) is 6.61 Å². The van der Waals surface area contributed by atoms with E-state index in [-0.39, 0.29) is 18.9 Å². The molecule has 5 nitrogen and oxygen atoms in total. The fourth-order valence-corrected chi connectivity index (χ4v) is 3.71. The fourth-order valence-electron chi connectivity index (χ4n) is 3.71. The van der Waals surface area contributed by atoms with Crippen LogP contribution >= 0.6 is 0 Å². The van der Waals surface area contributed by atoms with Crippen molar-refractivity contribution in [2.24, 2.45) is 5.41 Å². The molecule has 0 spiro atoms. The van der Waals surface area contributed by atoms with Gasteiger partial charge in [0.1, 0.15) is 12.6 Å². The third-order valence-electron chi connectivity index (χ3n) is 5.19. The Morgan fingerprint density at radius 3 is 2.18 bits per heavy atom. The predicted octanol–water partition coefficient (Wildman–Crippen LogP) is 4.03. The molecule has 1 aliphatic rings. The molecule has 1 atom stereocenters. The van der Waals surface area contributed by atoms with E-state index < -0.39 is 23.5 Å². The van der Waals surface area contributed by atoms with Crippen LogP contribution in [-0.2, 0) is 9.53 Å². The molecule has 28 heavy (non-hydrogen) atoms. The highest BCUT2D eigenvalue weighted by Gasteiger charge is 2.37. The summed E-state index contributed by atoms with van der Waals surface area (Å²) in [5.74, 6) is 1.23. The van der Waals surface area contributed by atoms with Gasteiger partial charge in [-0.3, -0.25) is 0 Å². The molecule has 1 aliphatic carbocycles. The minimum absolute atomic E-state index is 0.0832. The first-order valence-electron chi connectivity index (χ1n) is 9.13. The second kappa shape index (κ2) is 7.77. The summed E-state index contributed by atoms with van der Waals surface area (Å²) in [6.45, 7) is 3.53. The van der Waals surface area contributed by atoms with Crippen molar-refractivity contribution in [1.82, 2.24) is 5.32 Å². The van der Waals surface area contributed by atoms with Crippen LogP contribution in [0.4, 0.5) is 4.79 Å². The largest absolute Gasteiger partial charge is 0.480 e. The molecular weight excluding hydrogens is 354 g/mol. The number of carboxylic acids is 1. The monoisotopic (exact) mass is 377 g/mol. The topological polar surface area (TPSA) is 75.6 Å². The minimum Gasteiger partial charge on any atom is -0.480 e. The lowest BCUT2D eigenvalue weighted by atomic mass is 9.81. The van der Waals surface area contributed by atoms with E-state index in [0.717, 1.165) is 22.3 Å². The Bertz CT molecular complexity index is 896. The minimum atomic E-state index is -1.14. The van der Waals surface area contributed by atoms with Crippen LogP contribution < -0.4 is 5.32 Å². The van der Waals surface area contributed by atoms with Gasteiger partial charge in [-0.15, -0.1) is 12.3 Å². The SMILES string of the molecule is C#CCC(C)(C)[C@@H](NC(=O)OCC1c2ccccc2-c2ccccc21)C(=O)O. The summed E-state index contributed by atoms with van der Waals surface area (Å²) in [5.41, 5.74) is 3.65. The Labute approximate surface area is 164 Å². The van der Waals surface area contributed by atoms with Gasteiger partial charge in [-0.1, -0.05) is 62.4 Å². The lowest BCUT2D eigenvalue weighted by molar-refractivity contribution is -0.142. The van der Waals surface area contributed by atoms with Crippen LogP contribution in [0.3, 0.4) is 0 Å². The Balaban J connectivity index is 1.73. The summed E-state index contributed by atoms with van der Waals surface area (Å²) < 4.78 is 5.43. The Hall–Kier alpha value is -3.26. The zero-order valence-corrected chi connectivity index (χ0v) is 15.9. The lowest BCUT2D eigenvalue weighted by Gasteiger charge is -2.30. The molecule has 0 fully saturated rings. The molecule has 2 aromatic carbocycles. The van der Waals surface area contributed by atoms with Crippen molar-refractivity contribution in [3.05, 3.63) is 59.7 Å². The summed E-state index contributed by atoms with van der Waals surface area (Å²) >= 11 is 0. The molecule has 0 radical (unpaired) electrons. The van der Waals surface area contributed by atoms with Gasteiger partial charge in [-0.25, -0.2) is 9.59 Å². The average Bonchev–Trinajstić information content (AvgIpc) is 2.98. The standard InChI is InChI=1S/C23H23NO4/c1-4-13-23(2,3)20(21(25)26)24-22(27)28-14-19-17-11-7-5-9-15(17)16-10-6-8-12-18(16)19/h1,5-12,19-20H,13-14H2,2-3H3,(H,24,27)(H,25,26)/t20-/m0/s1. The van der Waals surface area contributed by atoms with E-state index >= 15 is 0 Å². The predicted molar refractivity (Wildman–Crippen MR) is 107 cm³/mol. The van der Waals surface area contributed by atoms with E-state index in [1.165, 1.54) is 0 Å². The quantitative estimate of drug-likeness (QED) is 0.746. The van der Waals surface area contributed by atoms with Gasteiger partial charge in [0, 0.05) is 17.8 Å².